The van der Waals surface area contributed by atoms with E-state index in [1.165, 1.54) is 12.1 Å². The maximum absolute atomic E-state index is 12.8. The Kier molecular flexibility index (Phi) is 5.44. The van der Waals surface area contributed by atoms with Gasteiger partial charge in [-0.25, -0.2) is 8.42 Å². The first-order chi connectivity index (χ1) is 10.8. The van der Waals surface area contributed by atoms with Crippen LogP contribution in [0.25, 0.3) is 0 Å². The number of anilines is 1. The maximum Gasteiger partial charge on any atom is 0.264 e. The van der Waals surface area contributed by atoms with Gasteiger partial charge in [0.05, 0.1) is 10.6 Å². The maximum atomic E-state index is 12.8. The lowest BCUT2D eigenvalue weighted by Gasteiger charge is -2.23. The van der Waals surface area contributed by atoms with E-state index in [1.54, 1.807) is 24.3 Å². The lowest BCUT2D eigenvalue weighted by Crippen LogP contribution is -2.34. The number of sulfonamides is 1. The third-order valence-corrected chi connectivity index (χ3v) is 5.42. The number of halogens is 1. The summed E-state index contributed by atoms with van der Waals surface area (Å²) in [4.78, 5) is 11.5. The molecule has 0 aliphatic rings. The minimum absolute atomic E-state index is 0.126. The van der Waals surface area contributed by atoms with Crippen molar-refractivity contribution in [3.63, 3.8) is 0 Å². The van der Waals surface area contributed by atoms with Crippen molar-refractivity contribution < 1.29 is 13.2 Å². The molecule has 2 rings (SSSR count). The minimum Gasteiger partial charge on any atom is -0.279 e. The summed E-state index contributed by atoms with van der Waals surface area (Å²) >= 11 is 5.45. The van der Waals surface area contributed by atoms with Crippen molar-refractivity contribution in [3.8, 4) is 0 Å². The van der Waals surface area contributed by atoms with Gasteiger partial charge < -0.3 is 0 Å². The summed E-state index contributed by atoms with van der Waals surface area (Å²) in [5, 5.41) is -0.736. The number of hydrogen-bond acceptors (Lipinski definition) is 3. The standard InChI is InChI=1S/C17H18ClNO3S/c1-3-14-6-8-15(9-7-14)19(12-17(18)20)23(21,22)16-10-4-13(2)5-11-16/h4-11H,3,12H2,1-2H3. The molecule has 0 saturated carbocycles. The van der Waals surface area contributed by atoms with E-state index in [9.17, 15) is 13.2 Å². The zero-order valence-corrected chi connectivity index (χ0v) is 14.6. The van der Waals surface area contributed by atoms with E-state index in [0.29, 0.717) is 5.69 Å². The number of hydrogen-bond donors (Lipinski definition) is 0. The third-order valence-electron chi connectivity index (χ3n) is 3.51. The van der Waals surface area contributed by atoms with E-state index >= 15 is 0 Å². The fourth-order valence-electron chi connectivity index (χ4n) is 2.16. The zero-order valence-electron chi connectivity index (χ0n) is 13.0. The molecule has 0 amide bonds. The van der Waals surface area contributed by atoms with Gasteiger partial charge in [-0.1, -0.05) is 36.8 Å². The highest BCUT2D eigenvalue weighted by atomic mass is 35.5. The van der Waals surface area contributed by atoms with Gasteiger partial charge in [0.1, 0.15) is 6.54 Å². The Labute approximate surface area is 141 Å². The molecule has 6 heteroatoms. The average molecular weight is 352 g/mol. The Balaban J connectivity index is 2.48. The van der Waals surface area contributed by atoms with Gasteiger partial charge >= 0.3 is 0 Å². The van der Waals surface area contributed by atoms with E-state index in [2.05, 4.69) is 0 Å². The van der Waals surface area contributed by atoms with Crippen LogP contribution in [-0.2, 0) is 21.2 Å². The predicted molar refractivity (Wildman–Crippen MR) is 92.4 cm³/mol. The molecule has 0 bridgehead atoms. The third kappa shape index (κ3) is 4.12. The number of carbonyl (C=O) groups excluding carboxylic acids is 1. The first kappa shape index (κ1) is 17.5. The highest BCUT2D eigenvalue weighted by molar-refractivity contribution is 7.92. The van der Waals surface area contributed by atoms with Crippen LogP contribution in [0.15, 0.2) is 53.4 Å². The highest BCUT2D eigenvalue weighted by Crippen LogP contribution is 2.24. The van der Waals surface area contributed by atoms with Crippen molar-refractivity contribution >= 4 is 32.6 Å². The lowest BCUT2D eigenvalue weighted by molar-refractivity contribution is -0.110. The van der Waals surface area contributed by atoms with Gasteiger partial charge in [-0.05, 0) is 54.8 Å². The summed E-state index contributed by atoms with van der Waals surface area (Å²) < 4.78 is 26.7. The molecule has 0 aliphatic carbocycles. The van der Waals surface area contributed by atoms with Crippen molar-refractivity contribution in [2.45, 2.75) is 25.2 Å². The first-order valence-corrected chi connectivity index (χ1v) is 9.03. The summed E-state index contributed by atoms with van der Waals surface area (Å²) in [5.74, 6) is 0. The van der Waals surface area contributed by atoms with Gasteiger partial charge in [-0.3, -0.25) is 9.10 Å². The van der Waals surface area contributed by atoms with Crippen LogP contribution in [0.4, 0.5) is 5.69 Å². The van der Waals surface area contributed by atoms with Crippen molar-refractivity contribution in [2.75, 3.05) is 10.8 Å². The van der Waals surface area contributed by atoms with E-state index < -0.39 is 21.8 Å². The van der Waals surface area contributed by atoms with Crippen LogP contribution in [0, 0.1) is 6.92 Å². The predicted octanol–water partition coefficient (Wildman–Crippen LogP) is 3.52. The van der Waals surface area contributed by atoms with Gasteiger partial charge in [0, 0.05) is 0 Å². The molecule has 0 N–H and O–H groups in total. The molecule has 2 aromatic rings. The monoisotopic (exact) mass is 351 g/mol. The van der Waals surface area contributed by atoms with Crippen LogP contribution < -0.4 is 4.31 Å². The fourth-order valence-corrected chi connectivity index (χ4v) is 3.77. The number of aryl methyl sites for hydroxylation is 2. The molecule has 0 aliphatic heterocycles. The van der Waals surface area contributed by atoms with Gasteiger partial charge in [0.15, 0.2) is 0 Å². The Morgan fingerprint density at radius 2 is 1.61 bits per heavy atom. The van der Waals surface area contributed by atoms with Crippen LogP contribution in [0.3, 0.4) is 0 Å². The molecule has 0 unspecified atom stereocenters. The van der Waals surface area contributed by atoms with Gasteiger partial charge in [0.2, 0.25) is 5.24 Å². The quantitative estimate of drug-likeness (QED) is 0.748. The fraction of sp³-hybridized carbons (Fsp3) is 0.235. The topological polar surface area (TPSA) is 54.5 Å². The van der Waals surface area contributed by atoms with Crippen molar-refractivity contribution in [1.82, 2.24) is 0 Å². The first-order valence-electron chi connectivity index (χ1n) is 7.21. The van der Waals surface area contributed by atoms with E-state index in [0.717, 1.165) is 21.9 Å². The summed E-state index contributed by atoms with van der Waals surface area (Å²) in [6.45, 7) is 3.47. The molecule has 0 saturated heterocycles. The van der Waals surface area contributed by atoms with Crippen LogP contribution in [0.5, 0.6) is 0 Å². The molecular weight excluding hydrogens is 334 g/mol. The summed E-state index contributed by atoms with van der Waals surface area (Å²) in [5.41, 5.74) is 2.45. The molecule has 0 heterocycles. The molecule has 0 fully saturated rings. The molecule has 0 spiro atoms. The highest BCUT2D eigenvalue weighted by Gasteiger charge is 2.26. The second-order valence-electron chi connectivity index (χ2n) is 5.20. The van der Waals surface area contributed by atoms with Crippen molar-refractivity contribution in [2.24, 2.45) is 0 Å². The Morgan fingerprint density at radius 3 is 2.09 bits per heavy atom. The van der Waals surface area contributed by atoms with E-state index in [4.69, 9.17) is 11.6 Å². The number of carbonyl (C=O) groups is 1. The molecule has 23 heavy (non-hydrogen) atoms. The minimum atomic E-state index is -3.86. The van der Waals surface area contributed by atoms with E-state index in [1.807, 2.05) is 26.0 Å². The molecule has 2 aromatic carbocycles. The summed E-state index contributed by atoms with van der Waals surface area (Å²) in [7, 11) is -3.86. The van der Waals surface area contributed by atoms with Crippen LogP contribution in [0.2, 0.25) is 0 Å². The number of rotatable bonds is 6. The molecule has 0 radical (unpaired) electrons. The second-order valence-corrected chi connectivity index (χ2v) is 7.48. The molecule has 0 aromatic heterocycles. The van der Waals surface area contributed by atoms with Gasteiger partial charge in [-0.2, -0.15) is 0 Å². The van der Waals surface area contributed by atoms with E-state index in [-0.39, 0.29) is 4.90 Å². The largest absolute Gasteiger partial charge is 0.279 e. The Hall–Kier alpha value is -1.85. The van der Waals surface area contributed by atoms with Crippen LogP contribution in [0.1, 0.15) is 18.1 Å². The second kappa shape index (κ2) is 7.15. The normalized spacial score (nSPS) is 11.3. The van der Waals surface area contributed by atoms with Crippen molar-refractivity contribution in [3.05, 3.63) is 59.7 Å². The molecular formula is C17H18ClNO3S. The van der Waals surface area contributed by atoms with Gasteiger partial charge in [0.25, 0.3) is 10.0 Å². The van der Waals surface area contributed by atoms with Gasteiger partial charge in [-0.15, -0.1) is 0 Å². The summed E-state index contributed by atoms with van der Waals surface area (Å²) in [6.07, 6.45) is 0.847. The summed E-state index contributed by atoms with van der Waals surface area (Å²) in [6, 6.07) is 13.5. The number of benzene rings is 2. The SMILES string of the molecule is CCc1ccc(N(CC(=O)Cl)S(=O)(=O)c2ccc(C)cc2)cc1. The van der Waals surface area contributed by atoms with Crippen molar-refractivity contribution in [1.29, 1.82) is 0 Å². The Bertz CT molecular complexity index is 784. The molecule has 122 valence electrons. The molecule has 0 atom stereocenters. The molecule has 4 nitrogen and oxygen atoms in total. The van der Waals surface area contributed by atoms with Crippen LogP contribution >= 0.6 is 11.6 Å². The Morgan fingerprint density at radius 1 is 1.04 bits per heavy atom. The smallest absolute Gasteiger partial charge is 0.264 e. The zero-order chi connectivity index (χ0) is 17.0. The number of nitrogens with zero attached hydrogens (tertiary/aromatic N) is 1. The average Bonchev–Trinajstić information content (AvgIpc) is 2.53. The lowest BCUT2D eigenvalue weighted by atomic mass is 10.1. The van der Waals surface area contributed by atoms with Crippen LogP contribution in [-0.4, -0.2) is 20.2 Å².